The molecule has 0 aliphatic carbocycles. The monoisotopic (exact) mass is 528 g/mol. The van der Waals surface area contributed by atoms with Gasteiger partial charge in [0, 0.05) is 44.4 Å². The van der Waals surface area contributed by atoms with E-state index in [1.54, 1.807) is 12.3 Å². The number of hydrogen-bond acceptors (Lipinski definition) is 8. The van der Waals surface area contributed by atoms with Crippen molar-refractivity contribution < 1.29 is 9.18 Å². The van der Waals surface area contributed by atoms with Gasteiger partial charge in [0.2, 0.25) is 5.91 Å². The standard InChI is InChI=1S/C27H29FN10O/c1-3-4-5-21(39)32-17-10-16(11-29-12-17)24-23(28)22-18(14-31-24)35-36-26(22)27-33-19-13-30-15-20(25(19)34-27)38-8-6-37(2)7-9-38/h10-15H,3-9H2,1-2H3,(H,32,39)(H,33,34)(H,35,36). The number of likely N-dealkylation sites (N-methyl/N-ethyl adjacent to an activating group) is 1. The molecule has 5 aromatic rings. The van der Waals surface area contributed by atoms with E-state index in [-0.39, 0.29) is 17.0 Å². The first-order valence-corrected chi connectivity index (χ1v) is 13.1. The van der Waals surface area contributed by atoms with Gasteiger partial charge in [0.1, 0.15) is 16.9 Å². The number of nitrogens with one attached hydrogen (secondary N) is 3. The molecule has 0 atom stereocenters. The first-order chi connectivity index (χ1) is 19.0. The molecule has 3 N–H and O–H groups in total. The normalized spacial score (nSPS) is 14.4. The summed E-state index contributed by atoms with van der Waals surface area (Å²) in [5, 5.41) is 10.4. The number of H-pyrrole nitrogens is 2. The molecule has 5 aromatic heterocycles. The van der Waals surface area contributed by atoms with E-state index in [9.17, 15) is 4.79 Å². The van der Waals surface area contributed by atoms with E-state index in [0.717, 1.165) is 55.7 Å². The lowest BCUT2D eigenvalue weighted by Crippen LogP contribution is -2.44. The second kappa shape index (κ2) is 10.4. The van der Waals surface area contributed by atoms with Crippen LogP contribution in [-0.2, 0) is 4.79 Å². The van der Waals surface area contributed by atoms with Crippen molar-refractivity contribution in [1.29, 1.82) is 0 Å². The number of carbonyl (C=O) groups excluding carboxylic acids is 1. The first kappa shape index (κ1) is 24.9. The molecule has 1 amide bonds. The number of aromatic nitrogens is 7. The molecule has 6 rings (SSSR count). The zero-order chi connectivity index (χ0) is 26.9. The Kier molecular flexibility index (Phi) is 6.61. The highest BCUT2D eigenvalue weighted by atomic mass is 19.1. The molecule has 0 bridgehead atoms. The van der Waals surface area contributed by atoms with Gasteiger partial charge < -0.3 is 20.1 Å². The summed E-state index contributed by atoms with van der Waals surface area (Å²) < 4.78 is 16.1. The summed E-state index contributed by atoms with van der Waals surface area (Å²) in [5.41, 5.74) is 4.30. The number of piperazine rings is 1. The lowest BCUT2D eigenvalue weighted by molar-refractivity contribution is -0.116. The number of nitrogens with zero attached hydrogens (tertiary/aromatic N) is 7. The second-order valence-electron chi connectivity index (χ2n) is 9.83. The van der Waals surface area contributed by atoms with E-state index >= 15 is 4.39 Å². The minimum absolute atomic E-state index is 0.105. The number of hydrogen-bond donors (Lipinski definition) is 3. The Morgan fingerprint density at radius 2 is 1.87 bits per heavy atom. The van der Waals surface area contributed by atoms with Gasteiger partial charge in [-0.2, -0.15) is 5.10 Å². The largest absolute Gasteiger partial charge is 0.366 e. The van der Waals surface area contributed by atoms with E-state index in [4.69, 9.17) is 4.98 Å². The van der Waals surface area contributed by atoms with Gasteiger partial charge in [0.15, 0.2) is 11.6 Å². The zero-order valence-electron chi connectivity index (χ0n) is 21.8. The van der Waals surface area contributed by atoms with E-state index in [2.05, 4.69) is 52.3 Å². The summed E-state index contributed by atoms with van der Waals surface area (Å²) in [6.45, 7) is 5.69. The van der Waals surface area contributed by atoms with Crippen molar-refractivity contribution in [2.24, 2.45) is 0 Å². The highest BCUT2D eigenvalue weighted by Gasteiger charge is 2.23. The van der Waals surface area contributed by atoms with E-state index in [0.29, 0.717) is 34.7 Å². The van der Waals surface area contributed by atoms with Gasteiger partial charge in [0.05, 0.1) is 52.6 Å². The molecule has 1 fully saturated rings. The minimum Gasteiger partial charge on any atom is -0.366 e. The van der Waals surface area contributed by atoms with Crippen molar-refractivity contribution in [2.75, 3.05) is 43.4 Å². The maximum Gasteiger partial charge on any atom is 0.224 e. The van der Waals surface area contributed by atoms with Crippen LogP contribution in [0.15, 0.2) is 37.1 Å². The maximum absolute atomic E-state index is 16.1. The Labute approximate surface area is 223 Å². The molecule has 1 saturated heterocycles. The predicted molar refractivity (Wildman–Crippen MR) is 148 cm³/mol. The molecule has 200 valence electrons. The van der Waals surface area contributed by atoms with Crippen molar-refractivity contribution in [3.05, 3.63) is 42.9 Å². The van der Waals surface area contributed by atoms with E-state index < -0.39 is 5.82 Å². The quantitative estimate of drug-likeness (QED) is 0.289. The molecule has 0 spiro atoms. The summed E-state index contributed by atoms with van der Waals surface area (Å²) in [6.07, 6.45) is 10.3. The summed E-state index contributed by atoms with van der Waals surface area (Å²) in [4.78, 5) is 37.8. The molecular weight excluding hydrogens is 499 g/mol. The lowest BCUT2D eigenvalue weighted by atomic mass is 10.1. The van der Waals surface area contributed by atoms with Gasteiger partial charge in [-0.1, -0.05) is 13.3 Å². The number of halogens is 1. The van der Waals surface area contributed by atoms with Gasteiger partial charge in [-0.15, -0.1) is 0 Å². The van der Waals surface area contributed by atoms with Crippen molar-refractivity contribution in [3.8, 4) is 22.8 Å². The molecular formula is C27H29FN10O. The Balaban J connectivity index is 1.37. The van der Waals surface area contributed by atoms with Gasteiger partial charge in [-0.25, -0.2) is 9.37 Å². The van der Waals surface area contributed by atoms with Gasteiger partial charge in [-0.05, 0) is 19.5 Å². The summed E-state index contributed by atoms with van der Waals surface area (Å²) in [5.74, 6) is -0.219. The van der Waals surface area contributed by atoms with Crippen LogP contribution in [0.1, 0.15) is 26.2 Å². The van der Waals surface area contributed by atoms with Crippen LogP contribution in [0.5, 0.6) is 0 Å². The number of pyridine rings is 3. The maximum atomic E-state index is 16.1. The van der Waals surface area contributed by atoms with E-state index in [1.807, 2.05) is 13.1 Å². The summed E-state index contributed by atoms with van der Waals surface area (Å²) >= 11 is 0. The van der Waals surface area contributed by atoms with Crippen molar-refractivity contribution in [3.63, 3.8) is 0 Å². The smallest absolute Gasteiger partial charge is 0.224 e. The fraction of sp³-hybridized carbons (Fsp3) is 0.333. The third-order valence-electron chi connectivity index (χ3n) is 7.04. The van der Waals surface area contributed by atoms with Crippen molar-refractivity contribution >= 4 is 39.2 Å². The Hall–Kier alpha value is -4.45. The molecule has 11 nitrogen and oxygen atoms in total. The third-order valence-corrected chi connectivity index (χ3v) is 7.04. The Morgan fingerprint density at radius 1 is 1.05 bits per heavy atom. The Bertz CT molecular complexity index is 1650. The third kappa shape index (κ3) is 4.78. The van der Waals surface area contributed by atoms with Crippen molar-refractivity contribution in [1.82, 2.24) is 40.0 Å². The SMILES string of the molecule is CCCCC(=O)Nc1cncc(-c2ncc3[nH]nc(-c4nc5c(N6CCN(C)CC6)cncc5[nH]4)c3c2F)c1. The number of rotatable bonds is 7. The Morgan fingerprint density at radius 3 is 2.69 bits per heavy atom. The van der Waals surface area contributed by atoms with Crippen molar-refractivity contribution in [2.45, 2.75) is 26.2 Å². The first-order valence-electron chi connectivity index (χ1n) is 13.1. The second-order valence-corrected chi connectivity index (χ2v) is 9.83. The number of carbonyl (C=O) groups is 1. The molecule has 12 heteroatoms. The van der Waals surface area contributed by atoms with Crippen LogP contribution in [0.25, 0.3) is 44.7 Å². The average molecular weight is 529 g/mol. The lowest BCUT2D eigenvalue weighted by Gasteiger charge is -2.33. The molecule has 0 radical (unpaired) electrons. The highest BCUT2D eigenvalue weighted by Crippen LogP contribution is 2.34. The minimum atomic E-state index is -0.551. The van der Waals surface area contributed by atoms with Crippen LogP contribution in [0.4, 0.5) is 15.8 Å². The number of anilines is 2. The van der Waals surface area contributed by atoms with Crippen LogP contribution in [0.2, 0.25) is 0 Å². The predicted octanol–water partition coefficient (Wildman–Crippen LogP) is 3.98. The molecule has 1 aliphatic rings. The fourth-order valence-corrected chi connectivity index (χ4v) is 4.86. The number of fused-ring (bicyclic) bond motifs is 2. The van der Waals surface area contributed by atoms with Gasteiger partial charge in [-0.3, -0.25) is 24.8 Å². The summed E-state index contributed by atoms with van der Waals surface area (Å²) in [6, 6.07) is 1.67. The fourth-order valence-electron chi connectivity index (χ4n) is 4.86. The molecule has 0 aromatic carbocycles. The van der Waals surface area contributed by atoms with Crippen LogP contribution in [0, 0.1) is 5.82 Å². The number of aromatic amines is 2. The molecule has 0 saturated carbocycles. The summed E-state index contributed by atoms with van der Waals surface area (Å²) in [7, 11) is 2.11. The average Bonchev–Trinajstić information content (AvgIpc) is 3.57. The topological polar surface area (TPSA) is 132 Å². The zero-order valence-corrected chi connectivity index (χ0v) is 21.8. The van der Waals surface area contributed by atoms with Crippen LogP contribution < -0.4 is 10.2 Å². The molecule has 1 aliphatic heterocycles. The van der Waals surface area contributed by atoms with Crippen LogP contribution in [-0.4, -0.2) is 79.2 Å². The number of amides is 1. The molecule has 39 heavy (non-hydrogen) atoms. The van der Waals surface area contributed by atoms with Crippen LogP contribution in [0.3, 0.4) is 0 Å². The molecule has 0 unspecified atom stereocenters. The molecule has 6 heterocycles. The number of imidazole rings is 1. The van der Waals surface area contributed by atoms with E-state index in [1.165, 1.54) is 18.6 Å². The highest BCUT2D eigenvalue weighted by molar-refractivity contribution is 5.97. The van der Waals surface area contributed by atoms with Crippen LogP contribution >= 0.6 is 0 Å². The number of unbranched alkanes of at least 4 members (excludes halogenated alkanes) is 1. The van der Waals surface area contributed by atoms with Gasteiger partial charge >= 0.3 is 0 Å². The van der Waals surface area contributed by atoms with Gasteiger partial charge in [0.25, 0.3) is 0 Å².